The van der Waals surface area contributed by atoms with Crippen LogP contribution in [0.25, 0.3) is 5.69 Å². The van der Waals surface area contributed by atoms with Gasteiger partial charge in [-0.05, 0) is 19.9 Å². The minimum absolute atomic E-state index is 0.0199. The molecule has 0 saturated carbocycles. The molecule has 1 N–H and O–H groups in total. The molecule has 3 rings (SSSR count). The highest BCUT2D eigenvalue weighted by atomic mass is 35.5. The molecule has 1 aromatic heterocycles. The molecule has 0 saturated heterocycles. The van der Waals surface area contributed by atoms with Crippen molar-refractivity contribution in [2.24, 2.45) is 0 Å². The highest BCUT2D eigenvalue weighted by Gasteiger charge is 2.36. The van der Waals surface area contributed by atoms with Crippen molar-refractivity contribution in [1.82, 2.24) is 9.55 Å². The summed E-state index contributed by atoms with van der Waals surface area (Å²) in [6.45, 7) is 2.74. The van der Waals surface area contributed by atoms with E-state index in [1.165, 1.54) is 6.07 Å². The van der Waals surface area contributed by atoms with Gasteiger partial charge in [-0.1, -0.05) is 23.2 Å². The number of aromatic amines is 1. The Kier molecular flexibility index (Phi) is 4.15. The number of ether oxygens (including phenoxy) is 1. The zero-order valence-electron chi connectivity index (χ0n) is 12.9. The zero-order chi connectivity index (χ0) is 18.7. The van der Waals surface area contributed by atoms with Crippen LogP contribution in [0, 0.1) is 6.92 Å². The van der Waals surface area contributed by atoms with Crippen LogP contribution in [-0.2, 0) is 12.6 Å². The number of nitrogens with one attached hydrogen (secondary N) is 1. The van der Waals surface area contributed by atoms with Gasteiger partial charge in [0.1, 0.15) is 17.5 Å². The molecule has 5 nitrogen and oxygen atoms in total. The van der Waals surface area contributed by atoms with E-state index < -0.39 is 28.7 Å². The average Bonchev–Trinajstić information content (AvgIpc) is 2.87. The number of nitrogens with zero attached hydrogens (tertiary/aromatic N) is 1. The molecule has 0 fully saturated rings. The second kappa shape index (κ2) is 5.81. The molecule has 0 amide bonds. The van der Waals surface area contributed by atoms with Crippen molar-refractivity contribution < 1.29 is 17.9 Å². The first-order valence-electron chi connectivity index (χ1n) is 7.13. The Morgan fingerprint density at radius 1 is 1.28 bits per heavy atom. The highest BCUT2D eigenvalue weighted by molar-refractivity contribution is 6.37. The Balaban J connectivity index is 2.38. The number of fused-ring (bicyclic) bond motifs is 1. The van der Waals surface area contributed by atoms with Crippen LogP contribution in [-0.4, -0.2) is 15.7 Å². The summed E-state index contributed by atoms with van der Waals surface area (Å²) in [6, 6.07) is 1.29. The van der Waals surface area contributed by atoms with Crippen LogP contribution in [0.4, 0.5) is 13.2 Å². The molecule has 1 aliphatic rings. The third-order valence-electron chi connectivity index (χ3n) is 3.91. The fourth-order valence-electron chi connectivity index (χ4n) is 2.84. The molecule has 10 heteroatoms. The summed E-state index contributed by atoms with van der Waals surface area (Å²) in [5.74, 6) is 0.261. The number of alkyl halides is 3. The maximum Gasteiger partial charge on any atom is 0.431 e. The normalized spacial score (nSPS) is 16.7. The van der Waals surface area contributed by atoms with E-state index in [-0.39, 0.29) is 27.6 Å². The van der Waals surface area contributed by atoms with Gasteiger partial charge in [-0.2, -0.15) is 13.2 Å². The first-order valence-corrected chi connectivity index (χ1v) is 7.89. The van der Waals surface area contributed by atoms with E-state index in [0.717, 1.165) is 6.92 Å². The van der Waals surface area contributed by atoms with Gasteiger partial charge in [0.15, 0.2) is 0 Å². The summed E-state index contributed by atoms with van der Waals surface area (Å²) in [7, 11) is 0. The lowest BCUT2D eigenvalue weighted by molar-refractivity contribution is -0.142. The number of H-pyrrole nitrogens is 1. The molecule has 1 aromatic carbocycles. The molecular formula is C15H11Cl2F3N2O3. The first kappa shape index (κ1) is 17.9. The van der Waals surface area contributed by atoms with Crippen molar-refractivity contribution in [3.8, 4) is 11.4 Å². The van der Waals surface area contributed by atoms with Crippen molar-refractivity contribution in [3.05, 3.63) is 53.8 Å². The van der Waals surface area contributed by atoms with Crippen molar-refractivity contribution >= 4 is 23.2 Å². The van der Waals surface area contributed by atoms with Crippen molar-refractivity contribution in [3.63, 3.8) is 0 Å². The first-order chi connectivity index (χ1) is 11.5. The van der Waals surface area contributed by atoms with E-state index >= 15 is 0 Å². The number of aromatic nitrogens is 2. The van der Waals surface area contributed by atoms with Gasteiger partial charge in [-0.15, -0.1) is 0 Å². The molecule has 25 heavy (non-hydrogen) atoms. The van der Waals surface area contributed by atoms with E-state index in [9.17, 15) is 22.8 Å². The number of benzene rings is 1. The second-order valence-electron chi connectivity index (χ2n) is 5.70. The minimum atomic E-state index is -4.86. The smallest absolute Gasteiger partial charge is 0.431 e. The quantitative estimate of drug-likeness (QED) is 0.804. The van der Waals surface area contributed by atoms with Crippen molar-refractivity contribution in [2.45, 2.75) is 32.5 Å². The summed E-state index contributed by atoms with van der Waals surface area (Å²) in [4.78, 5) is 26.5. The standard InChI is InChI=1S/C15H11Cl2F3N2O3/c1-5-3-7-10(8(16)4-9(17)11(7)25-5)22-13(23)6(2)12(15(18,19)20)21-14(22)24/h4-5H,3H2,1-2H3,(H,21,24). The fraction of sp³-hybridized carbons (Fsp3) is 0.333. The number of hydrogen-bond acceptors (Lipinski definition) is 3. The van der Waals surface area contributed by atoms with Gasteiger partial charge in [-0.3, -0.25) is 4.79 Å². The van der Waals surface area contributed by atoms with E-state index in [2.05, 4.69) is 0 Å². The van der Waals surface area contributed by atoms with Crippen LogP contribution in [0.3, 0.4) is 0 Å². The predicted octanol–water partition coefficient (Wildman–Crippen LogP) is 3.48. The van der Waals surface area contributed by atoms with Crippen LogP contribution >= 0.6 is 23.2 Å². The highest BCUT2D eigenvalue weighted by Crippen LogP contribution is 2.42. The number of halogens is 5. The van der Waals surface area contributed by atoms with Crippen molar-refractivity contribution in [1.29, 1.82) is 0 Å². The predicted molar refractivity (Wildman–Crippen MR) is 86.2 cm³/mol. The Morgan fingerprint density at radius 3 is 2.52 bits per heavy atom. The van der Waals surface area contributed by atoms with Gasteiger partial charge < -0.3 is 9.72 Å². The van der Waals surface area contributed by atoms with Gasteiger partial charge in [0.25, 0.3) is 5.56 Å². The SMILES string of the molecule is Cc1c(C(F)(F)F)[nH]c(=O)n(-c2c(Cl)cc(Cl)c3c2CC(C)O3)c1=O. The Labute approximate surface area is 148 Å². The number of rotatable bonds is 1. The maximum absolute atomic E-state index is 13.0. The summed E-state index contributed by atoms with van der Waals surface area (Å²) >= 11 is 12.2. The Morgan fingerprint density at radius 2 is 1.92 bits per heavy atom. The van der Waals surface area contributed by atoms with E-state index in [1.54, 1.807) is 11.9 Å². The van der Waals surface area contributed by atoms with Crippen LogP contribution in [0.1, 0.15) is 23.7 Å². The lowest BCUT2D eigenvalue weighted by Crippen LogP contribution is -2.39. The molecule has 1 unspecified atom stereocenters. The molecule has 1 aliphatic heterocycles. The topological polar surface area (TPSA) is 64.1 Å². The Hall–Kier alpha value is -1.93. The molecule has 0 bridgehead atoms. The largest absolute Gasteiger partial charge is 0.488 e. The summed E-state index contributed by atoms with van der Waals surface area (Å²) < 4.78 is 45.0. The van der Waals surface area contributed by atoms with Gasteiger partial charge in [0.05, 0.1) is 15.7 Å². The molecular weight excluding hydrogens is 384 g/mol. The van der Waals surface area contributed by atoms with Crippen LogP contribution in [0.15, 0.2) is 15.7 Å². The van der Waals surface area contributed by atoms with Gasteiger partial charge in [0, 0.05) is 17.5 Å². The molecule has 0 radical (unpaired) electrons. The monoisotopic (exact) mass is 394 g/mol. The van der Waals surface area contributed by atoms with Gasteiger partial charge in [0.2, 0.25) is 0 Å². The molecule has 2 heterocycles. The van der Waals surface area contributed by atoms with Crippen LogP contribution in [0.2, 0.25) is 10.0 Å². The van der Waals surface area contributed by atoms with Gasteiger partial charge >= 0.3 is 11.9 Å². The third-order valence-corrected chi connectivity index (χ3v) is 4.48. The van der Waals surface area contributed by atoms with E-state index in [4.69, 9.17) is 27.9 Å². The summed E-state index contributed by atoms with van der Waals surface area (Å²) in [5.41, 5.74) is -4.00. The summed E-state index contributed by atoms with van der Waals surface area (Å²) in [5, 5.41) is 0.161. The minimum Gasteiger partial charge on any atom is -0.488 e. The Bertz CT molecular complexity index is 995. The molecule has 134 valence electrons. The van der Waals surface area contributed by atoms with Crippen LogP contribution in [0.5, 0.6) is 5.75 Å². The van der Waals surface area contributed by atoms with Gasteiger partial charge in [-0.25, -0.2) is 9.36 Å². The van der Waals surface area contributed by atoms with Crippen LogP contribution < -0.4 is 16.0 Å². The third kappa shape index (κ3) is 2.83. The fourth-order valence-corrected chi connectivity index (χ4v) is 3.47. The molecule has 0 spiro atoms. The zero-order valence-corrected chi connectivity index (χ0v) is 14.4. The number of hydrogen-bond donors (Lipinski definition) is 1. The molecule has 1 atom stereocenters. The van der Waals surface area contributed by atoms with E-state index in [0.29, 0.717) is 16.6 Å². The second-order valence-corrected chi connectivity index (χ2v) is 6.51. The maximum atomic E-state index is 13.0. The molecule has 2 aromatic rings. The molecule has 0 aliphatic carbocycles. The lowest BCUT2D eigenvalue weighted by atomic mass is 10.1. The lowest BCUT2D eigenvalue weighted by Gasteiger charge is -2.15. The summed E-state index contributed by atoms with van der Waals surface area (Å²) in [6.07, 6.45) is -4.84. The average molecular weight is 395 g/mol. The van der Waals surface area contributed by atoms with Crippen molar-refractivity contribution in [2.75, 3.05) is 0 Å². The van der Waals surface area contributed by atoms with E-state index in [1.807, 2.05) is 0 Å².